The van der Waals surface area contributed by atoms with Crippen LogP contribution >= 0.6 is 0 Å². The van der Waals surface area contributed by atoms with E-state index in [1.165, 1.54) is 17.7 Å². The number of non-ortho nitro benzene ring substituents is 1. The van der Waals surface area contributed by atoms with E-state index in [1.807, 2.05) is 31.2 Å². The van der Waals surface area contributed by atoms with Crippen molar-refractivity contribution in [3.05, 3.63) is 69.8 Å². The molecule has 0 radical (unpaired) electrons. The number of nitrogens with one attached hydrogen (secondary N) is 1. The summed E-state index contributed by atoms with van der Waals surface area (Å²) in [5, 5.41) is 14.6. The van der Waals surface area contributed by atoms with Gasteiger partial charge >= 0.3 is 0 Å². The SMILES string of the molecule is Cc1ccc(/C=N/Nc2ccc([N+](=O)[O-])cc2)cc1. The molecule has 0 aliphatic carbocycles. The molecule has 0 bridgehead atoms. The van der Waals surface area contributed by atoms with Crippen LogP contribution in [0.3, 0.4) is 0 Å². The Balaban J connectivity index is 1.98. The van der Waals surface area contributed by atoms with E-state index in [4.69, 9.17) is 0 Å². The molecule has 0 saturated heterocycles. The summed E-state index contributed by atoms with van der Waals surface area (Å²) in [5.74, 6) is 0. The Hall–Kier alpha value is -2.69. The first-order valence-corrected chi connectivity index (χ1v) is 5.75. The predicted molar refractivity (Wildman–Crippen MR) is 75.5 cm³/mol. The van der Waals surface area contributed by atoms with E-state index < -0.39 is 4.92 Å². The largest absolute Gasteiger partial charge is 0.278 e. The molecule has 2 rings (SSSR count). The molecule has 0 heterocycles. The maximum Gasteiger partial charge on any atom is 0.269 e. The molecule has 19 heavy (non-hydrogen) atoms. The summed E-state index contributed by atoms with van der Waals surface area (Å²) in [6, 6.07) is 14.1. The zero-order valence-corrected chi connectivity index (χ0v) is 10.4. The van der Waals surface area contributed by atoms with Crippen LogP contribution in [0.15, 0.2) is 53.6 Å². The van der Waals surface area contributed by atoms with E-state index in [-0.39, 0.29) is 5.69 Å². The molecule has 2 aromatic rings. The Labute approximate surface area is 110 Å². The molecule has 0 aliphatic heterocycles. The van der Waals surface area contributed by atoms with Gasteiger partial charge in [0.25, 0.3) is 5.69 Å². The minimum absolute atomic E-state index is 0.0630. The number of hydrogen-bond acceptors (Lipinski definition) is 4. The average molecular weight is 255 g/mol. The summed E-state index contributed by atoms with van der Waals surface area (Å²) in [6.45, 7) is 2.02. The highest BCUT2D eigenvalue weighted by Gasteiger charge is 2.02. The minimum atomic E-state index is -0.431. The van der Waals surface area contributed by atoms with Crippen LogP contribution in [0, 0.1) is 17.0 Å². The Morgan fingerprint density at radius 3 is 2.32 bits per heavy atom. The molecule has 5 nitrogen and oxygen atoms in total. The van der Waals surface area contributed by atoms with Gasteiger partial charge in [0.2, 0.25) is 0 Å². The number of nitrogens with zero attached hydrogens (tertiary/aromatic N) is 2. The molecule has 0 saturated carbocycles. The monoisotopic (exact) mass is 255 g/mol. The molecule has 0 amide bonds. The van der Waals surface area contributed by atoms with E-state index in [1.54, 1.807) is 18.3 Å². The number of anilines is 1. The number of rotatable bonds is 4. The van der Waals surface area contributed by atoms with Crippen LogP contribution in [0.1, 0.15) is 11.1 Å². The summed E-state index contributed by atoms with van der Waals surface area (Å²) < 4.78 is 0. The van der Waals surface area contributed by atoms with E-state index in [9.17, 15) is 10.1 Å². The Bertz CT molecular complexity index is 589. The normalized spacial score (nSPS) is 10.6. The lowest BCUT2D eigenvalue weighted by Crippen LogP contribution is -1.92. The van der Waals surface area contributed by atoms with Crippen molar-refractivity contribution < 1.29 is 4.92 Å². The van der Waals surface area contributed by atoms with Gasteiger partial charge in [-0.1, -0.05) is 29.8 Å². The fraction of sp³-hybridized carbons (Fsp3) is 0.0714. The van der Waals surface area contributed by atoms with Crippen LogP contribution in [0.4, 0.5) is 11.4 Å². The first-order chi connectivity index (χ1) is 9.15. The predicted octanol–water partition coefficient (Wildman–Crippen LogP) is 3.35. The molecule has 96 valence electrons. The third-order valence-corrected chi connectivity index (χ3v) is 2.56. The third-order valence-electron chi connectivity index (χ3n) is 2.56. The number of nitro benzene ring substituents is 1. The number of nitro groups is 1. The Morgan fingerprint density at radius 2 is 1.74 bits per heavy atom. The lowest BCUT2D eigenvalue weighted by atomic mass is 10.2. The summed E-state index contributed by atoms with van der Waals surface area (Å²) >= 11 is 0. The van der Waals surface area contributed by atoms with E-state index >= 15 is 0 Å². The van der Waals surface area contributed by atoms with Crippen molar-refractivity contribution in [2.24, 2.45) is 5.10 Å². The highest BCUT2D eigenvalue weighted by Crippen LogP contribution is 2.15. The average Bonchev–Trinajstić information content (AvgIpc) is 2.41. The van der Waals surface area contributed by atoms with E-state index in [2.05, 4.69) is 10.5 Å². The van der Waals surface area contributed by atoms with E-state index in [0.29, 0.717) is 5.69 Å². The van der Waals surface area contributed by atoms with Crippen LogP contribution in [0.25, 0.3) is 0 Å². The van der Waals surface area contributed by atoms with Crippen LogP contribution in [0.2, 0.25) is 0 Å². The van der Waals surface area contributed by atoms with Gasteiger partial charge in [0.05, 0.1) is 16.8 Å². The molecule has 0 aromatic heterocycles. The topological polar surface area (TPSA) is 67.5 Å². The first kappa shape index (κ1) is 12.8. The number of hydrogen-bond donors (Lipinski definition) is 1. The van der Waals surface area contributed by atoms with Crippen molar-refractivity contribution in [2.75, 3.05) is 5.43 Å². The van der Waals surface area contributed by atoms with Crippen molar-refractivity contribution in [3.63, 3.8) is 0 Å². The summed E-state index contributed by atoms with van der Waals surface area (Å²) in [6.07, 6.45) is 1.70. The molecule has 0 atom stereocenters. The zero-order chi connectivity index (χ0) is 13.7. The van der Waals surface area contributed by atoms with E-state index in [0.717, 1.165) is 5.56 Å². The van der Waals surface area contributed by atoms with Gasteiger partial charge in [-0.2, -0.15) is 5.10 Å². The second-order valence-corrected chi connectivity index (χ2v) is 4.08. The smallest absolute Gasteiger partial charge is 0.269 e. The van der Waals surface area contributed by atoms with Crippen molar-refractivity contribution in [3.8, 4) is 0 Å². The number of aryl methyl sites for hydroxylation is 1. The Morgan fingerprint density at radius 1 is 1.11 bits per heavy atom. The first-order valence-electron chi connectivity index (χ1n) is 5.75. The maximum atomic E-state index is 10.5. The highest BCUT2D eigenvalue weighted by atomic mass is 16.6. The van der Waals surface area contributed by atoms with Crippen LogP contribution in [-0.2, 0) is 0 Å². The van der Waals surface area contributed by atoms with Gasteiger partial charge in [0.15, 0.2) is 0 Å². The standard InChI is InChI=1S/C14H13N3O2/c1-11-2-4-12(5-3-11)10-15-16-13-6-8-14(9-7-13)17(18)19/h2-10,16H,1H3/b15-10+. The Kier molecular flexibility index (Phi) is 3.87. The van der Waals surface area contributed by atoms with Crippen LogP contribution in [-0.4, -0.2) is 11.1 Å². The van der Waals surface area contributed by atoms with Gasteiger partial charge in [-0.3, -0.25) is 15.5 Å². The molecule has 5 heteroatoms. The summed E-state index contributed by atoms with van der Waals surface area (Å²) in [7, 11) is 0. The summed E-state index contributed by atoms with van der Waals surface area (Å²) in [5.41, 5.74) is 5.77. The molecule has 1 N–H and O–H groups in total. The van der Waals surface area contributed by atoms with Gasteiger partial charge in [0, 0.05) is 12.1 Å². The molecule has 0 unspecified atom stereocenters. The fourth-order valence-corrected chi connectivity index (χ4v) is 1.49. The number of hydrazone groups is 1. The van der Waals surface area contributed by atoms with Crippen LogP contribution < -0.4 is 5.43 Å². The lowest BCUT2D eigenvalue weighted by Gasteiger charge is -1.99. The lowest BCUT2D eigenvalue weighted by molar-refractivity contribution is -0.384. The van der Waals surface area contributed by atoms with Crippen molar-refractivity contribution in [1.82, 2.24) is 0 Å². The van der Waals surface area contributed by atoms with Crippen molar-refractivity contribution in [2.45, 2.75) is 6.92 Å². The fourth-order valence-electron chi connectivity index (χ4n) is 1.49. The molecule has 0 aliphatic rings. The molecular formula is C14H13N3O2. The second-order valence-electron chi connectivity index (χ2n) is 4.08. The molecule has 0 fully saturated rings. The van der Waals surface area contributed by atoms with Crippen molar-refractivity contribution >= 4 is 17.6 Å². The summed E-state index contributed by atoms with van der Waals surface area (Å²) in [4.78, 5) is 10.1. The second kappa shape index (κ2) is 5.77. The molecule has 2 aromatic carbocycles. The van der Waals surface area contributed by atoms with Crippen molar-refractivity contribution in [1.29, 1.82) is 0 Å². The third kappa shape index (κ3) is 3.64. The number of benzene rings is 2. The molecule has 0 spiro atoms. The zero-order valence-electron chi connectivity index (χ0n) is 10.4. The van der Waals surface area contributed by atoms with Gasteiger partial charge < -0.3 is 0 Å². The maximum absolute atomic E-state index is 10.5. The van der Waals surface area contributed by atoms with Crippen LogP contribution in [0.5, 0.6) is 0 Å². The van der Waals surface area contributed by atoms with Gasteiger partial charge in [0.1, 0.15) is 0 Å². The molecular weight excluding hydrogens is 242 g/mol. The quantitative estimate of drug-likeness (QED) is 0.517. The van der Waals surface area contributed by atoms with Gasteiger partial charge in [-0.05, 0) is 24.6 Å². The van der Waals surface area contributed by atoms with Gasteiger partial charge in [-0.15, -0.1) is 0 Å². The minimum Gasteiger partial charge on any atom is -0.278 e. The van der Waals surface area contributed by atoms with Gasteiger partial charge in [-0.25, -0.2) is 0 Å². The highest BCUT2D eigenvalue weighted by molar-refractivity contribution is 5.80.